The normalized spacial score (nSPS) is 18.2. The van der Waals surface area contributed by atoms with Gasteiger partial charge < -0.3 is 0 Å². The molecule has 65 heavy (non-hydrogen) atoms. The van der Waals surface area contributed by atoms with E-state index in [1.807, 2.05) is 18.2 Å². The molecule has 0 nitrogen and oxygen atoms in total. The number of aryl methyl sites for hydroxylation is 5. The molecule has 0 bridgehead atoms. The van der Waals surface area contributed by atoms with E-state index in [9.17, 15) is 0 Å². The van der Waals surface area contributed by atoms with E-state index in [-0.39, 0.29) is 0 Å². The molecule has 1 fully saturated rings. The second-order valence-electron chi connectivity index (χ2n) is 19.5. The third-order valence-corrected chi connectivity index (χ3v) is 13.5. The lowest BCUT2D eigenvalue weighted by Crippen LogP contribution is -2.10. The highest BCUT2D eigenvalue weighted by atomic mass is 14.2. The summed E-state index contributed by atoms with van der Waals surface area (Å²) < 4.78 is 0. The number of hydrogen-bond donors (Lipinski definition) is 0. The molecule has 1 saturated carbocycles. The van der Waals surface area contributed by atoms with Crippen LogP contribution in [0.3, 0.4) is 0 Å². The topological polar surface area (TPSA) is 0 Å². The van der Waals surface area contributed by atoms with E-state index >= 15 is 0 Å². The standard InChI is InChI=1S/C11H14.C11H10.C11H14.C11H10.C7H14.C7H12.C7H8/c2*1-9-5-4-7-10-6-2-3-8-11(9)10;2*1-9-6-7-10-4-2-3-5-11(10)8-9;3*1-7-5-3-2-4-6-7/h2-3,6,8-9H,4-5,7H2,1H3;2-8H,1H3;2-5,9H,6-8H2,1H3;2-8H,1H3;7H,2-6H2,1H3;3,5,7H,2,4,6H2,1H3;2-6H,1H3. The first kappa shape index (κ1) is 50.8. The molecule has 7 aromatic rings. The van der Waals surface area contributed by atoms with Crippen molar-refractivity contribution < 1.29 is 0 Å². The molecule has 0 aromatic heterocycles. The van der Waals surface area contributed by atoms with Crippen LogP contribution in [-0.2, 0) is 19.3 Å². The van der Waals surface area contributed by atoms with Gasteiger partial charge in [0, 0.05) is 0 Å². The molecular formula is C65H82. The minimum Gasteiger partial charge on any atom is -0.0883 e. The average molecular weight is 863 g/mol. The van der Waals surface area contributed by atoms with Crippen LogP contribution < -0.4 is 0 Å². The summed E-state index contributed by atoms with van der Waals surface area (Å²) >= 11 is 0. The zero-order valence-electron chi connectivity index (χ0n) is 41.5. The molecule has 0 heterocycles. The number of hydrogen-bond acceptors (Lipinski definition) is 0. The van der Waals surface area contributed by atoms with Crippen LogP contribution in [0.15, 0.2) is 176 Å². The fraction of sp³-hybridized carbons (Fsp3) is 0.385. The molecule has 0 aliphatic heterocycles. The molecule has 0 amide bonds. The van der Waals surface area contributed by atoms with E-state index in [0.29, 0.717) is 0 Å². The van der Waals surface area contributed by atoms with Crippen molar-refractivity contribution in [1.82, 2.24) is 0 Å². The third kappa shape index (κ3) is 18.7. The maximum Gasteiger partial charge on any atom is -0.0155 e. The van der Waals surface area contributed by atoms with Crippen molar-refractivity contribution in [2.45, 2.75) is 144 Å². The Labute approximate surface area is 396 Å². The van der Waals surface area contributed by atoms with Gasteiger partial charge in [-0.2, -0.15) is 0 Å². The highest BCUT2D eigenvalue weighted by Crippen LogP contribution is 2.30. The van der Waals surface area contributed by atoms with Gasteiger partial charge in [0.2, 0.25) is 0 Å². The number of fused-ring (bicyclic) bond motifs is 4. The van der Waals surface area contributed by atoms with Crippen molar-refractivity contribution in [3.05, 3.63) is 215 Å². The van der Waals surface area contributed by atoms with Crippen LogP contribution in [0.4, 0.5) is 0 Å². The Morgan fingerprint density at radius 1 is 0.400 bits per heavy atom. The average Bonchev–Trinajstić information content (AvgIpc) is 3.34. The minimum absolute atomic E-state index is 0.792. The summed E-state index contributed by atoms with van der Waals surface area (Å²) in [6, 6.07) is 57.7. The van der Waals surface area contributed by atoms with E-state index in [0.717, 1.165) is 23.7 Å². The van der Waals surface area contributed by atoms with Crippen LogP contribution >= 0.6 is 0 Å². The zero-order valence-corrected chi connectivity index (χ0v) is 41.5. The lowest BCUT2D eigenvalue weighted by Gasteiger charge is -2.21. The van der Waals surface area contributed by atoms with Crippen LogP contribution in [0.5, 0.6) is 0 Å². The van der Waals surface area contributed by atoms with Crippen LogP contribution in [0.2, 0.25) is 0 Å². The van der Waals surface area contributed by atoms with Gasteiger partial charge in [0.1, 0.15) is 0 Å². The summed E-state index contributed by atoms with van der Waals surface area (Å²) in [5.41, 5.74) is 10.3. The van der Waals surface area contributed by atoms with Gasteiger partial charge in [0.15, 0.2) is 0 Å². The lowest BCUT2D eigenvalue weighted by atomic mass is 9.84. The van der Waals surface area contributed by atoms with E-state index in [1.54, 1.807) is 22.3 Å². The molecule has 3 atom stereocenters. The summed E-state index contributed by atoms with van der Waals surface area (Å²) in [6.45, 7) is 15.7. The smallest absolute Gasteiger partial charge is 0.0155 e. The first-order chi connectivity index (χ1) is 31.7. The third-order valence-electron chi connectivity index (χ3n) is 13.5. The molecule has 0 radical (unpaired) electrons. The van der Waals surface area contributed by atoms with Gasteiger partial charge in [0.25, 0.3) is 0 Å². The molecule has 4 aliphatic carbocycles. The first-order valence-corrected chi connectivity index (χ1v) is 25.4. The van der Waals surface area contributed by atoms with Crippen molar-refractivity contribution >= 4 is 21.5 Å². The molecule has 3 unspecified atom stereocenters. The SMILES string of the molecule is CC1C=CCCC1.CC1CCCCC1.CC1CCCc2ccccc21.CC1CCc2ccccc2C1.Cc1ccc2ccccc2c1.Cc1cccc2ccccc12.Cc1ccccc1. The molecule has 0 saturated heterocycles. The molecule has 0 spiro atoms. The second kappa shape index (κ2) is 28.7. The predicted octanol–water partition coefficient (Wildman–Crippen LogP) is 19.2. The fourth-order valence-corrected chi connectivity index (χ4v) is 9.40. The van der Waals surface area contributed by atoms with E-state index in [2.05, 4.69) is 206 Å². The van der Waals surface area contributed by atoms with Crippen molar-refractivity contribution in [3.63, 3.8) is 0 Å². The Hall–Kier alpha value is -5.20. The van der Waals surface area contributed by atoms with E-state index in [4.69, 9.17) is 0 Å². The van der Waals surface area contributed by atoms with Gasteiger partial charge in [0.05, 0.1) is 0 Å². The molecule has 4 aliphatic rings. The molecule has 7 aromatic carbocycles. The van der Waals surface area contributed by atoms with Crippen LogP contribution in [-0.4, -0.2) is 0 Å². The Morgan fingerprint density at radius 3 is 1.65 bits per heavy atom. The second-order valence-corrected chi connectivity index (χ2v) is 19.5. The van der Waals surface area contributed by atoms with Gasteiger partial charge in [-0.25, -0.2) is 0 Å². The number of rotatable bonds is 0. The summed E-state index contributed by atoms with van der Waals surface area (Å²) in [7, 11) is 0. The van der Waals surface area contributed by atoms with Crippen molar-refractivity contribution in [1.29, 1.82) is 0 Å². The molecular weight excluding hydrogens is 781 g/mol. The molecule has 11 rings (SSSR count). The van der Waals surface area contributed by atoms with E-state index in [1.165, 1.54) is 128 Å². The predicted molar refractivity (Wildman–Crippen MR) is 288 cm³/mol. The molecule has 0 heteroatoms. The largest absolute Gasteiger partial charge is 0.0883 e. The van der Waals surface area contributed by atoms with Gasteiger partial charge in [-0.15, -0.1) is 0 Å². The molecule has 0 N–H and O–H groups in total. The lowest BCUT2D eigenvalue weighted by molar-refractivity contribution is 0.385. The zero-order chi connectivity index (χ0) is 46.1. The monoisotopic (exact) mass is 863 g/mol. The van der Waals surface area contributed by atoms with Crippen molar-refractivity contribution in [2.75, 3.05) is 0 Å². The number of allylic oxidation sites excluding steroid dienone is 2. The maximum absolute atomic E-state index is 2.36. The van der Waals surface area contributed by atoms with Crippen LogP contribution in [0, 0.1) is 38.5 Å². The van der Waals surface area contributed by atoms with Crippen LogP contribution in [0.1, 0.15) is 143 Å². The Balaban J connectivity index is 0.000000144. The number of benzene rings is 7. The van der Waals surface area contributed by atoms with Gasteiger partial charge in [-0.1, -0.05) is 247 Å². The Kier molecular flexibility index (Phi) is 22.4. The minimum atomic E-state index is 0.792. The Morgan fingerprint density at radius 2 is 1.03 bits per heavy atom. The summed E-state index contributed by atoms with van der Waals surface area (Å²) in [4.78, 5) is 0. The van der Waals surface area contributed by atoms with Crippen molar-refractivity contribution in [2.24, 2.45) is 17.8 Å². The first-order valence-electron chi connectivity index (χ1n) is 25.4. The fourth-order valence-electron chi connectivity index (χ4n) is 9.40. The van der Waals surface area contributed by atoms with Gasteiger partial charge >= 0.3 is 0 Å². The quantitative estimate of drug-likeness (QED) is 0.133. The summed E-state index contributed by atoms with van der Waals surface area (Å²) in [6.07, 6.45) is 24.1. The Bertz CT molecular complexity index is 2380. The summed E-state index contributed by atoms with van der Waals surface area (Å²) in [5, 5.41) is 5.33. The van der Waals surface area contributed by atoms with Gasteiger partial charge in [-0.05, 0) is 152 Å². The van der Waals surface area contributed by atoms with E-state index < -0.39 is 0 Å². The highest BCUT2D eigenvalue weighted by Gasteiger charge is 2.15. The molecule has 342 valence electrons. The van der Waals surface area contributed by atoms with Crippen molar-refractivity contribution in [3.8, 4) is 0 Å². The van der Waals surface area contributed by atoms with Crippen LogP contribution in [0.25, 0.3) is 21.5 Å². The summed E-state index contributed by atoms with van der Waals surface area (Å²) in [5.74, 6) is 3.58. The maximum atomic E-state index is 2.36. The van der Waals surface area contributed by atoms with Gasteiger partial charge in [-0.3, -0.25) is 0 Å². The highest BCUT2D eigenvalue weighted by molar-refractivity contribution is 5.85.